The summed E-state index contributed by atoms with van der Waals surface area (Å²) in [5.41, 5.74) is 6.01. The van der Waals surface area contributed by atoms with Crippen molar-refractivity contribution in [1.29, 1.82) is 0 Å². The molecule has 1 saturated heterocycles. The summed E-state index contributed by atoms with van der Waals surface area (Å²) in [6.45, 7) is 9.84. The molecule has 20 heavy (non-hydrogen) atoms. The van der Waals surface area contributed by atoms with E-state index < -0.39 is 7.12 Å². The van der Waals surface area contributed by atoms with Gasteiger partial charge in [-0.25, -0.2) is 0 Å². The van der Waals surface area contributed by atoms with Gasteiger partial charge in [0.15, 0.2) is 0 Å². The van der Waals surface area contributed by atoms with Gasteiger partial charge in [0.2, 0.25) is 0 Å². The lowest BCUT2D eigenvalue weighted by molar-refractivity contribution is 0.425. The number of nitrogens with one attached hydrogen (secondary N) is 1. The zero-order chi connectivity index (χ0) is 14.9. The van der Waals surface area contributed by atoms with E-state index in [1.807, 2.05) is 13.8 Å². The lowest BCUT2D eigenvalue weighted by Crippen LogP contribution is -2.45. The average Bonchev–Trinajstić information content (AvgIpc) is 2.39. The summed E-state index contributed by atoms with van der Waals surface area (Å²) in [6.07, 6.45) is 0. The molecule has 4 nitrogen and oxygen atoms in total. The highest BCUT2D eigenvalue weighted by Crippen LogP contribution is 2.30. The fourth-order valence-electron chi connectivity index (χ4n) is 3.26. The van der Waals surface area contributed by atoms with Crippen molar-refractivity contribution in [1.82, 2.24) is 5.32 Å². The van der Waals surface area contributed by atoms with Crippen molar-refractivity contribution in [3.05, 3.63) is 22.3 Å². The van der Waals surface area contributed by atoms with Crippen LogP contribution in [-0.4, -0.2) is 43.3 Å². The van der Waals surface area contributed by atoms with Crippen molar-refractivity contribution in [2.45, 2.75) is 26.5 Å². The van der Waals surface area contributed by atoms with Crippen LogP contribution in [0, 0.1) is 20.8 Å². The van der Waals surface area contributed by atoms with Gasteiger partial charge in [-0.15, -0.1) is 0 Å². The maximum atomic E-state index is 9.72. The predicted octanol–water partition coefficient (Wildman–Crippen LogP) is 0.131. The van der Waals surface area contributed by atoms with E-state index in [2.05, 4.69) is 29.8 Å². The first kappa shape index (κ1) is 15.7. The quantitative estimate of drug-likeness (QED) is 0.473. The molecule has 2 rings (SSSR count). The van der Waals surface area contributed by atoms with Gasteiger partial charge in [-0.2, -0.15) is 12.6 Å². The van der Waals surface area contributed by atoms with Crippen LogP contribution in [0.25, 0.3) is 0 Å². The molecule has 1 aromatic rings. The molecule has 1 aliphatic rings. The Hall–Kier alpha value is -0.685. The van der Waals surface area contributed by atoms with E-state index in [0.29, 0.717) is 11.2 Å². The monoisotopic (exact) mass is 294 g/mol. The van der Waals surface area contributed by atoms with Crippen LogP contribution in [0.1, 0.15) is 22.3 Å². The number of hydrogen-bond donors (Lipinski definition) is 4. The van der Waals surface area contributed by atoms with Gasteiger partial charge in [0.05, 0.1) is 0 Å². The molecule has 3 N–H and O–H groups in total. The number of nitrogens with zero attached hydrogens (tertiary/aromatic N) is 1. The summed E-state index contributed by atoms with van der Waals surface area (Å²) in [7, 11) is -1.43. The van der Waals surface area contributed by atoms with E-state index in [9.17, 15) is 10.0 Å². The topological polar surface area (TPSA) is 55.7 Å². The Bertz CT molecular complexity index is 503. The Morgan fingerprint density at radius 1 is 1.10 bits per heavy atom. The molecule has 0 bridgehead atoms. The lowest BCUT2D eigenvalue weighted by atomic mass is 9.71. The fraction of sp³-hybridized carbons (Fsp3) is 0.571. The van der Waals surface area contributed by atoms with Gasteiger partial charge >= 0.3 is 7.12 Å². The Kier molecular flexibility index (Phi) is 5.02. The third-order valence-corrected chi connectivity index (χ3v) is 4.59. The number of thiol groups is 1. The summed E-state index contributed by atoms with van der Waals surface area (Å²) < 4.78 is 0. The number of anilines is 1. The number of piperazine rings is 1. The molecule has 0 spiro atoms. The molecule has 0 unspecified atom stereocenters. The van der Waals surface area contributed by atoms with E-state index in [1.54, 1.807) is 0 Å². The van der Waals surface area contributed by atoms with E-state index >= 15 is 0 Å². The van der Waals surface area contributed by atoms with Crippen LogP contribution in [0.3, 0.4) is 0 Å². The predicted molar refractivity (Wildman–Crippen MR) is 88.3 cm³/mol. The Morgan fingerprint density at radius 3 is 2.20 bits per heavy atom. The largest absolute Gasteiger partial charge is 0.489 e. The van der Waals surface area contributed by atoms with E-state index in [-0.39, 0.29) is 0 Å². The first-order valence-corrected chi connectivity index (χ1v) is 7.67. The second-order valence-electron chi connectivity index (χ2n) is 5.38. The zero-order valence-corrected chi connectivity index (χ0v) is 13.3. The first-order chi connectivity index (χ1) is 9.49. The molecular formula is C14H23BN2O2S. The van der Waals surface area contributed by atoms with Crippen LogP contribution in [0.4, 0.5) is 5.69 Å². The molecule has 6 heteroatoms. The molecule has 1 fully saturated rings. The van der Waals surface area contributed by atoms with Crippen molar-refractivity contribution in [2.75, 3.05) is 31.1 Å². The molecule has 1 aromatic carbocycles. The third-order valence-electron chi connectivity index (χ3n) is 4.27. The second kappa shape index (κ2) is 6.39. The maximum Gasteiger partial charge on any atom is 0.489 e. The minimum atomic E-state index is -1.43. The van der Waals surface area contributed by atoms with Crippen molar-refractivity contribution >= 4 is 30.9 Å². The zero-order valence-electron chi connectivity index (χ0n) is 12.4. The van der Waals surface area contributed by atoms with Crippen molar-refractivity contribution in [3.63, 3.8) is 0 Å². The molecule has 0 radical (unpaired) electrons. The van der Waals surface area contributed by atoms with Crippen LogP contribution >= 0.6 is 12.6 Å². The highest BCUT2D eigenvalue weighted by atomic mass is 32.1. The van der Waals surface area contributed by atoms with Crippen LogP contribution in [0.15, 0.2) is 0 Å². The van der Waals surface area contributed by atoms with Gasteiger partial charge in [0, 0.05) is 37.6 Å². The van der Waals surface area contributed by atoms with Gasteiger partial charge in [0.25, 0.3) is 0 Å². The smallest absolute Gasteiger partial charge is 0.423 e. The third kappa shape index (κ3) is 2.70. The Balaban J connectivity index is 2.62. The van der Waals surface area contributed by atoms with E-state index in [1.165, 1.54) is 5.56 Å². The molecular weight excluding hydrogens is 271 g/mol. The number of rotatable bonds is 3. The molecule has 1 heterocycles. The van der Waals surface area contributed by atoms with E-state index in [0.717, 1.165) is 48.6 Å². The van der Waals surface area contributed by atoms with E-state index in [4.69, 9.17) is 0 Å². The van der Waals surface area contributed by atoms with Crippen LogP contribution in [-0.2, 0) is 5.75 Å². The minimum absolute atomic E-state index is 0.608. The highest BCUT2D eigenvalue weighted by molar-refractivity contribution is 7.79. The SMILES string of the molecule is Cc1c(CS)c(C)c(N2CCNCC2)c(C)c1B(O)O. The normalized spacial score (nSPS) is 15.6. The van der Waals surface area contributed by atoms with Crippen LogP contribution in [0.5, 0.6) is 0 Å². The number of hydrogen-bond acceptors (Lipinski definition) is 5. The van der Waals surface area contributed by atoms with Crippen molar-refractivity contribution < 1.29 is 10.0 Å². The Morgan fingerprint density at radius 2 is 1.70 bits per heavy atom. The van der Waals surface area contributed by atoms with Gasteiger partial charge in [-0.3, -0.25) is 0 Å². The molecule has 0 atom stereocenters. The molecule has 0 saturated carbocycles. The summed E-state index contributed by atoms with van der Waals surface area (Å²) in [5, 5.41) is 22.8. The minimum Gasteiger partial charge on any atom is -0.423 e. The molecule has 110 valence electrons. The lowest BCUT2D eigenvalue weighted by Gasteiger charge is -2.34. The van der Waals surface area contributed by atoms with Gasteiger partial charge in [-0.1, -0.05) is 0 Å². The fourth-order valence-corrected chi connectivity index (χ4v) is 3.74. The molecule has 1 aliphatic heterocycles. The second-order valence-corrected chi connectivity index (χ2v) is 5.70. The summed E-state index contributed by atoms with van der Waals surface area (Å²) >= 11 is 4.42. The van der Waals surface area contributed by atoms with Crippen molar-refractivity contribution in [2.24, 2.45) is 0 Å². The Labute approximate surface area is 126 Å². The maximum absolute atomic E-state index is 9.72. The highest BCUT2D eigenvalue weighted by Gasteiger charge is 2.26. The van der Waals surface area contributed by atoms with Gasteiger partial charge < -0.3 is 20.3 Å². The first-order valence-electron chi connectivity index (χ1n) is 7.04. The van der Waals surface area contributed by atoms with Gasteiger partial charge in [0.1, 0.15) is 0 Å². The summed E-state index contributed by atoms with van der Waals surface area (Å²) in [5.74, 6) is 0.608. The summed E-state index contributed by atoms with van der Waals surface area (Å²) in [4.78, 5) is 2.33. The molecule has 0 aromatic heterocycles. The van der Waals surface area contributed by atoms with Crippen molar-refractivity contribution in [3.8, 4) is 0 Å². The van der Waals surface area contributed by atoms with Crippen LogP contribution < -0.4 is 15.7 Å². The standard InChI is InChI=1S/C14H23BN2O2S/c1-9-12(8-20)10(2)14(11(3)13(9)15(18)19)17-6-4-16-5-7-17/h16,18-20H,4-8H2,1-3H3. The molecule has 0 aliphatic carbocycles. The van der Waals surface area contributed by atoms with Crippen LogP contribution in [0.2, 0.25) is 0 Å². The summed E-state index contributed by atoms with van der Waals surface area (Å²) in [6, 6.07) is 0. The molecule has 0 amide bonds. The average molecular weight is 294 g/mol. The van der Waals surface area contributed by atoms with Gasteiger partial charge in [-0.05, 0) is 48.5 Å². The number of benzene rings is 1.